The van der Waals surface area contributed by atoms with E-state index in [9.17, 15) is 96.7 Å². The second-order valence-corrected chi connectivity index (χ2v) is 19.2. The third kappa shape index (κ3) is 14.1. The Balaban J connectivity index is 1.20. The normalized spacial score (nSPS) is 48.4. The van der Waals surface area contributed by atoms with E-state index in [0.29, 0.717) is 25.8 Å². The van der Waals surface area contributed by atoms with Crippen molar-refractivity contribution in [2.75, 3.05) is 52.8 Å². The SMILES string of the molecule is CC(=O)NC1C(OC2C(O)C(CO)OC(OC3C(CO)OC(OC4C(CO)OC(OCCCCCN)C(O)C4O)C(O)C3O)C2O)OC(CO)C(O)C1OC1OC(CO)C(O)C(O)C1OC1OC(CO)C(O)C(O)C1O. The summed E-state index contributed by atoms with van der Waals surface area (Å²) in [6.07, 6.45) is -52.9. The summed E-state index contributed by atoms with van der Waals surface area (Å²) < 4.78 is 68.9. The van der Waals surface area contributed by atoms with Crippen molar-refractivity contribution in [2.45, 2.75) is 210 Å². The van der Waals surface area contributed by atoms with E-state index >= 15 is 0 Å². The van der Waals surface area contributed by atoms with Gasteiger partial charge in [-0.25, -0.2) is 0 Å². The van der Waals surface area contributed by atoms with Gasteiger partial charge < -0.3 is 160 Å². The summed E-state index contributed by atoms with van der Waals surface area (Å²) >= 11 is 0. The van der Waals surface area contributed by atoms with Gasteiger partial charge in [0, 0.05) is 13.5 Å². The molecule has 0 aromatic rings. The predicted molar refractivity (Wildman–Crippen MR) is 237 cm³/mol. The van der Waals surface area contributed by atoms with Gasteiger partial charge in [-0.1, -0.05) is 0 Å². The van der Waals surface area contributed by atoms with E-state index in [1.807, 2.05) is 0 Å². The van der Waals surface area contributed by atoms with Gasteiger partial charge in [0.25, 0.3) is 0 Å². The molecule has 30 unspecified atom stereocenters. The van der Waals surface area contributed by atoms with Crippen molar-refractivity contribution in [3.63, 3.8) is 0 Å². The number of carbonyl (C=O) groups is 1. The van der Waals surface area contributed by atoms with Crippen LogP contribution in [0.4, 0.5) is 0 Å². The number of hydrogen-bond acceptors (Lipinski definition) is 32. The number of nitrogens with two attached hydrogens (primary N) is 1. The predicted octanol–water partition coefficient (Wildman–Crippen LogP) is -12.8. The van der Waals surface area contributed by atoms with E-state index in [1.165, 1.54) is 0 Å². The zero-order valence-electron chi connectivity index (χ0n) is 41.0. The summed E-state index contributed by atoms with van der Waals surface area (Å²) in [4.78, 5) is 12.8. The molecule has 0 saturated carbocycles. The fourth-order valence-corrected chi connectivity index (χ4v) is 9.64. The van der Waals surface area contributed by atoms with E-state index < -0.39 is 230 Å². The summed E-state index contributed by atoms with van der Waals surface area (Å²) in [5.41, 5.74) is 5.51. The van der Waals surface area contributed by atoms with Gasteiger partial charge in [0.15, 0.2) is 37.7 Å². The van der Waals surface area contributed by atoms with Crippen LogP contribution in [0.5, 0.6) is 0 Å². The van der Waals surface area contributed by atoms with Crippen LogP contribution in [0.1, 0.15) is 26.2 Å². The van der Waals surface area contributed by atoms with Crippen LogP contribution in [0.3, 0.4) is 0 Å². The second kappa shape index (κ2) is 28.8. The Kier molecular flexibility index (Phi) is 24.0. The summed E-state index contributed by atoms with van der Waals surface area (Å²) in [6.45, 7) is -4.20. The van der Waals surface area contributed by atoms with Gasteiger partial charge in [-0.15, -0.1) is 0 Å². The van der Waals surface area contributed by atoms with Crippen LogP contribution in [0.15, 0.2) is 0 Å². The van der Waals surface area contributed by atoms with E-state index in [1.54, 1.807) is 0 Å². The van der Waals surface area contributed by atoms with Crippen LogP contribution in [0, 0.1) is 0 Å². The van der Waals surface area contributed by atoms with Crippen molar-refractivity contribution in [1.29, 1.82) is 0 Å². The monoisotopic (exact) mass is 1120 g/mol. The molecule has 33 nitrogen and oxygen atoms in total. The molecule has 6 heterocycles. The van der Waals surface area contributed by atoms with Crippen molar-refractivity contribution in [1.82, 2.24) is 5.32 Å². The maximum Gasteiger partial charge on any atom is 0.217 e. The Bertz CT molecular complexity index is 1730. The zero-order valence-corrected chi connectivity index (χ0v) is 41.0. The summed E-state index contributed by atoms with van der Waals surface area (Å²) in [5, 5.41) is 196. The van der Waals surface area contributed by atoms with E-state index in [0.717, 1.165) is 6.92 Å². The molecular weight excluding hydrogens is 1040 g/mol. The first kappa shape index (κ1) is 63.4. The minimum Gasteiger partial charge on any atom is -0.394 e. The lowest BCUT2D eigenvalue weighted by Gasteiger charge is -2.51. The first-order chi connectivity index (χ1) is 36.2. The maximum atomic E-state index is 12.8. The van der Waals surface area contributed by atoms with Gasteiger partial charge >= 0.3 is 0 Å². The lowest BCUT2D eigenvalue weighted by atomic mass is 9.94. The Hall–Kier alpha value is -1.77. The quantitative estimate of drug-likeness (QED) is 0.0423. The molecule has 30 atom stereocenters. The number of aliphatic hydroxyl groups excluding tert-OH is 18. The van der Waals surface area contributed by atoms with Crippen molar-refractivity contribution < 1.29 is 154 Å². The Labute approximate surface area is 433 Å². The van der Waals surface area contributed by atoms with Gasteiger partial charge in [0.1, 0.15) is 146 Å². The topological polar surface area (TPSA) is 530 Å². The third-order valence-electron chi connectivity index (χ3n) is 13.9. The van der Waals surface area contributed by atoms with Gasteiger partial charge in [0.05, 0.1) is 39.6 Å². The van der Waals surface area contributed by atoms with Crippen molar-refractivity contribution in [2.24, 2.45) is 5.73 Å². The molecule has 444 valence electrons. The standard InChI is InChI=1S/C43H76N2O31/c1-13(52)45-20-35(74-43-37(26(58)22(54)15(8-47)69-43)76-40-29(61)25(57)21(53)14(7-46)67-40)23(55)16(9-48)66-38(20)75-36-24(56)17(10-49)68-42(32(36)64)73-34-19(12-51)71-41(31(63)28(34)60)72-33-18(11-50)70-39(30(62)27(33)59)65-6-4-2-3-5-44/h14-43,46-51,53-64H,2-12,44H2,1H3,(H,45,52). The molecule has 6 fully saturated rings. The molecule has 6 aliphatic rings. The van der Waals surface area contributed by atoms with Gasteiger partial charge in [0.2, 0.25) is 5.91 Å². The molecule has 0 aromatic heterocycles. The Morgan fingerprint density at radius 1 is 0.382 bits per heavy atom. The first-order valence-corrected chi connectivity index (χ1v) is 24.8. The number of carbonyl (C=O) groups excluding carboxylic acids is 1. The lowest BCUT2D eigenvalue weighted by molar-refractivity contribution is -0.394. The molecule has 0 spiro atoms. The second-order valence-electron chi connectivity index (χ2n) is 19.2. The number of hydrogen-bond donors (Lipinski definition) is 20. The van der Waals surface area contributed by atoms with Gasteiger partial charge in [-0.05, 0) is 25.8 Å². The number of aliphatic hydroxyl groups is 18. The summed E-state index contributed by atoms with van der Waals surface area (Å²) in [6, 6.07) is -1.82. The molecule has 6 rings (SSSR count). The number of unbranched alkanes of at least 4 members (excludes halogenated alkanes) is 2. The first-order valence-electron chi connectivity index (χ1n) is 24.8. The average Bonchev–Trinajstić information content (AvgIpc) is 3.40. The highest BCUT2D eigenvalue weighted by molar-refractivity contribution is 5.73. The van der Waals surface area contributed by atoms with Crippen LogP contribution in [-0.2, 0) is 61.6 Å². The molecule has 33 heteroatoms. The van der Waals surface area contributed by atoms with E-state index in [-0.39, 0.29) is 6.61 Å². The lowest BCUT2D eigenvalue weighted by Crippen LogP contribution is -2.70. The largest absolute Gasteiger partial charge is 0.394 e. The Morgan fingerprint density at radius 3 is 1.26 bits per heavy atom. The smallest absolute Gasteiger partial charge is 0.217 e. The molecule has 0 bridgehead atoms. The van der Waals surface area contributed by atoms with Gasteiger partial charge in [-0.3, -0.25) is 4.79 Å². The highest BCUT2D eigenvalue weighted by atomic mass is 16.8. The number of ether oxygens (including phenoxy) is 12. The molecular formula is C43H76N2O31. The molecule has 0 aliphatic carbocycles. The molecule has 76 heavy (non-hydrogen) atoms. The fraction of sp³-hybridized carbons (Fsp3) is 0.977. The number of rotatable bonds is 23. The average molecular weight is 1120 g/mol. The minimum absolute atomic E-state index is 0.106. The number of nitrogens with one attached hydrogen (secondary N) is 1. The third-order valence-corrected chi connectivity index (χ3v) is 13.9. The van der Waals surface area contributed by atoms with Crippen LogP contribution < -0.4 is 11.1 Å². The number of amides is 1. The van der Waals surface area contributed by atoms with Crippen LogP contribution in [-0.4, -0.2) is 335 Å². The molecule has 1 amide bonds. The minimum atomic E-state index is -2.23. The molecule has 21 N–H and O–H groups in total. The molecule has 6 saturated heterocycles. The molecule has 0 radical (unpaired) electrons. The van der Waals surface area contributed by atoms with Crippen LogP contribution in [0.25, 0.3) is 0 Å². The fourth-order valence-electron chi connectivity index (χ4n) is 9.64. The highest BCUT2D eigenvalue weighted by Crippen LogP contribution is 2.37. The van der Waals surface area contributed by atoms with E-state index in [4.69, 9.17) is 62.6 Å². The molecule has 6 aliphatic heterocycles. The van der Waals surface area contributed by atoms with Crippen LogP contribution >= 0.6 is 0 Å². The summed E-state index contributed by atoms with van der Waals surface area (Å²) in [5.74, 6) is -0.881. The van der Waals surface area contributed by atoms with Crippen molar-refractivity contribution in [3.05, 3.63) is 0 Å². The Morgan fingerprint density at radius 2 is 0.750 bits per heavy atom. The maximum absolute atomic E-state index is 12.8. The molecule has 0 aromatic carbocycles. The van der Waals surface area contributed by atoms with Crippen LogP contribution in [0.2, 0.25) is 0 Å². The summed E-state index contributed by atoms with van der Waals surface area (Å²) in [7, 11) is 0. The van der Waals surface area contributed by atoms with Gasteiger partial charge in [-0.2, -0.15) is 0 Å². The van der Waals surface area contributed by atoms with Crippen molar-refractivity contribution >= 4 is 5.91 Å². The van der Waals surface area contributed by atoms with Crippen molar-refractivity contribution in [3.8, 4) is 0 Å². The highest BCUT2D eigenvalue weighted by Gasteiger charge is 2.58. The van der Waals surface area contributed by atoms with E-state index in [2.05, 4.69) is 5.32 Å². The zero-order chi connectivity index (χ0) is 55.9.